The average Bonchev–Trinajstić information content (AvgIpc) is 2.63. The van der Waals surface area contributed by atoms with Crippen molar-refractivity contribution in [3.63, 3.8) is 0 Å². The van der Waals surface area contributed by atoms with Gasteiger partial charge < -0.3 is 0 Å². The van der Waals surface area contributed by atoms with Gasteiger partial charge in [-0.25, -0.2) is 8.42 Å². The molecule has 0 bridgehead atoms. The molecule has 0 fully saturated rings. The second-order valence-corrected chi connectivity index (χ2v) is 6.50. The highest BCUT2D eigenvalue weighted by atomic mass is 32.2. The normalized spacial score (nSPS) is 12.1. The van der Waals surface area contributed by atoms with Crippen LogP contribution in [0.5, 0.6) is 0 Å². The lowest BCUT2D eigenvalue weighted by Crippen LogP contribution is -2.05. The number of benzene rings is 1. The molecular formula is C11H12O2S2. The van der Waals surface area contributed by atoms with Crippen LogP contribution in [-0.2, 0) is 9.84 Å². The lowest BCUT2D eigenvalue weighted by atomic mass is 10.3. The first kappa shape index (κ1) is 10.6. The minimum atomic E-state index is -3.08. The number of hydrogen-bond acceptors (Lipinski definition) is 3. The fourth-order valence-electron chi connectivity index (χ4n) is 1.52. The minimum Gasteiger partial charge on any atom is -0.224 e. The number of rotatable bonds is 3. The topological polar surface area (TPSA) is 34.1 Å². The summed E-state index contributed by atoms with van der Waals surface area (Å²) < 4.78 is 24.7. The summed E-state index contributed by atoms with van der Waals surface area (Å²) in [5.74, 6) is 0.225. The van der Waals surface area contributed by atoms with Gasteiger partial charge in [0.1, 0.15) is 0 Å². The van der Waals surface area contributed by atoms with Gasteiger partial charge in [-0.3, -0.25) is 0 Å². The van der Waals surface area contributed by atoms with Gasteiger partial charge in [-0.1, -0.05) is 6.92 Å². The molecule has 4 heteroatoms. The number of sulfone groups is 1. The second kappa shape index (κ2) is 3.94. The lowest BCUT2D eigenvalue weighted by Gasteiger charge is -2.02. The minimum absolute atomic E-state index is 0.225. The van der Waals surface area contributed by atoms with Crippen LogP contribution in [0.2, 0.25) is 0 Å². The zero-order valence-corrected chi connectivity index (χ0v) is 10.1. The van der Waals surface area contributed by atoms with E-state index in [9.17, 15) is 8.42 Å². The highest BCUT2D eigenvalue weighted by Gasteiger charge is 2.13. The highest BCUT2D eigenvalue weighted by molar-refractivity contribution is 7.91. The monoisotopic (exact) mass is 240 g/mol. The van der Waals surface area contributed by atoms with E-state index in [-0.39, 0.29) is 5.75 Å². The Morgan fingerprint density at radius 2 is 2.07 bits per heavy atom. The largest absolute Gasteiger partial charge is 0.224 e. The molecule has 0 radical (unpaired) electrons. The molecule has 0 aliphatic carbocycles. The first-order chi connectivity index (χ1) is 7.13. The maximum Gasteiger partial charge on any atom is 0.178 e. The Labute approximate surface area is 93.5 Å². The highest BCUT2D eigenvalue weighted by Crippen LogP contribution is 2.24. The smallest absolute Gasteiger partial charge is 0.178 e. The van der Waals surface area contributed by atoms with Gasteiger partial charge in [0.15, 0.2) is 9.84 Å². The van der Waals surface area contributed by atoms with Crippen molar-refractivity contribution in [2.24, 2.45) is 0 Å². The van der Waals surface area contributed by atoms with E-state index in [1.807, 2.05) is 24.4 Å². The molecule has 1 aromatic carbocycles. The van der Waals surface area contributed by atoms with E-state index in [0.29, 0.717) is 11.3 Å². The Kier molecular flexibility index (Phi) is 2.80. The Hall–Kier alpha value is -0.870. The van der Waals surface area contributed by atoms with Crippen molar-refractivity contribution in [1.29, 1.82) is 0 Å². The van der Waals surface area contributed by atoms with Crippen LogP contribution in [0.15, 0.2) is 34.5 Å². The summed E-state index contributed by atoms with van der Waals surface area (Å²) in [5, 5.41) is 2.98. The summed E-state index contributed by atoms with van der Waals surface area (Å²) in [6, 6.07) is 7.29. The molecule has 1 heterocycles. The Morgan fingerprint density at radius 3 is 2.80 bits per heavy atom. The molecule has 2 aromatic rings. The molecule has 0 aliphatic heterocycles. The maximum absolute atomic E-state index is 11.8. The summed E-state index contributed by atoms with van der Waals surface area (Å²) in [6.45, 7) is 1.88. The van der Waals surface area contributed by atoms with Crippen molar-refractivity contribution >= 4 is 31.3 Å². The predicted octanol–water partition coefficient (Wildman–Crippen LogP) is 3.09. The fourth-order valence-corrected chi connectivity index (χ4v) is 3.65. The molecule has 0 N–H and O–H groups in total. The van der Waals surface area contributed by atoms with E-state index in [2.05, 4.69) is 0 Å². The van der Waals surface area contributed by atoms with Crippen LogP contribution in [0.3, 0.4) is 0 Å². The van der Waals surface area contributed by atoms with E-state index >= 15 is 0 Å². The van der Waals surface area contributed by atoms with Gasteiger partial charge in [-0.05, 0) is 41.5 Å². The molecule has 1 aromatic heterocycles. The van der Waals surface area contributed by atoms with Crippen molar-refractivity contribution in [2.75, 3.05) is 5.75 Å². The van der Waals surface area contributed by atoms with Crippen molar-refractivity contribution in [2.45, 2.75) is 18.2 Å². The summed E-state index contributed by atoms with van der Waals surface area (Å²) in [4.78, 5) is 0.440. The Bertz CT molecular complexity index is 567. The Balaban J connectivity index is 2.52. The van der Waals surface area contributed by atoms with Crippen molar-refractivity contribution < 1.29 is 8.42 Å². The summed E-state index contributed by atoms with van der Waals surface area (Å²) in [5.41, 5.74) is 0. The van der Waals surface area contributed by atoms with Gasteiger partial charge in [-0.2, -0.15) is 0 Å². The molecule has 80 valence electrons. The molecule has 15 heavy (non-hydrogen) atoms. The third kappa shape index (κ3) is 2.06. The number of fused-ring (bicyclic) bond motifs is 1. The molecule has 0 aliphatic rings. The molecule has 0 spiro atoms. The van der Waals surface area contributed by atoms with Crippen LogP contribution in [-0.4, -0.2) is 14.2 Å². The molecule has 0 saturated heterocycles. The maximum atomic E-state index is 11.8. The summed E-state index contributed by atoms with van der Waals surface area (Å²) in [7, 11) is -3.08. The van der Waals surface area contributed by atoms with Gasteiger partial charge in [0, 0.05) is 4.70 Å². The van der Waals surface area contributed by atoms with E-state index in [0.717, 1.165) is 10.1 Å². The van der Waals surface area contributed by atoms with Gasteiger partial charge >= 0.3 is 0 Å². The van der Waals surface area contributed by atoms with Gasteiger partial charge in [0.25, 0.3) is 0 Å². The molecule has 0 saturated carbocycles. The average molecular weight is 240 g/mol. The van der Waals surface area contributed by atoms with Crippen molar-refractivity contribution in [1.82, 2.24) is 0 Å². The van der Waals surface area contributed by atoms with Crippen LogP contribution < -0.4 is 0 Å². The molecule has 0 amide bonds. The van der Waals surface area contributed by atoms with E-state index in [1.54, 1.807) is 23.5 Å². The van der Waals surface area contributed by atoms with Gasteiger partial charge in [0.2, 0.25) is 0 Å². The van der Waals surface area contributed by atoms with Crippen LogP contribution in [0.1, 0.15) is 13.3 Å². The number of hydrogen-bond donors (Lipinski definition) is 0. The third-order valence-electron chi connectivity index (χ3n) is 2.26. The molecule has 2 nitrogen and oxygen atoms in total. The lowest BCUT2D eigenvalue weighted by molar-refractivity contribution is 0.595. The van der Waals surface area contributed by atoms with Crippen LogP contribution >= 0.6 is 11.3 Å². The zero-order chi connectivity index (χ0) is 10.9. The van der Waals surface area contributed by atoms with Gasteiger partial charge in [0.05, 0.1) is 10.6 Å². The fraction of sp³-hybridized carbons (Fsp3) is 0.273. The van der Waals surface area contributed by atoms with E-state index in [4.69, 9.17) is 0 Å². The van der Waals surface area contributed by atoms with Crippen LogP contribution in [0.4, 0.5) is 0 Å². The standard InChI is InChI=1S/C11H12O2S2/c1-2-7-15(12,13)10-3-4-11-9(8-10)5-6-14-11/h3-6,8H,2,7H2,1H3. The van der Waals surface area contributed by atoms with Crippen molar-refractivity contribution in [3.8, 4) is 0 Å². The van der Waals surface area contributed by atoms with E-state index < -0.39 is 9.84 Å². The first-order valence-corrected chi connectivity index (χ1v) is 7.37. The number of thiophene rings is 1. The van der Waals surface area contributed by atoms with Crippen LogP contribution in [0, 0.1) is 0 Å². The molecular weight excluding hydrogens is 228 g/mol. The first-order valence-electron chi connectivity index (χ1n) is 4.83. The molecule has 0 atom stereocenters. The summed E-state index contributed by atoms with van der Waals surface area (Å²) >= 11 is 1.63. The van der Waals surface area contributed by atoms with Crippen LogP contribution in [0.25, 0.3) is 10.1 Å². The summed E-state index contributed by atoms with van der Waals surface area (Å²) in [6.07, 6.45) is 0.657. The third-order valence-corrected chi connectivity index (χ3v) is 5.07. The second-order valence-electron chi connectivity index (χ2n) is 3.44. The Morgan fingerprint density at radius 1 is 1.27 bits per heavy atom. The van der Waals surface area contributed by atoms with Crippen molar-refractivity contribution in [3.05, 3.63) is 29.6 Å². The van der Waals surface area contributed by atoms with Gasteiger partial charge in [-0.15, -0.1) is 11.3 Å². The predicted molar refractivity (Wildman–Crippen MR) is 64.2 cm³/mol. The molecule has 2 rings (SSSR count). The SMILES string of the molecule is CCCS(=O)(=O)c1ccc2sccc2c1. The quantitative estimate of drug-likeness (QED) is 0.826. The van der Waals surface area contributed by atoms with E-state index in [1.165, 1.54) is 0 Å². The molecule has 0 unspecified atom stereocenters. The zero-order valence-electron chi connectivity index (χ0n) is 8.43.